The molecule has 0 spiro atoms. The van der Waals surface area contributed by atoms with E-state index >= 15 is 0 Å². The molecule has 1 atom stereocenters. The Labute approximate surface area is 169 Å². The van der Waals surface area contributed by atoms with Crippen LogP contribution in [0.1, 0.15) is 24.1 Å². The van der Waals surface area contributed by atoms with E-state index in [1.807, 2.05) is 19.1 Å². The van der Waals surface area contributed by atoms with Crippen LogP contribution in [0.3, 0.4) is 0 Å². The molecule has 152 valence electrons. The van der Waals surface area contributed by atoms with Gasteiger partial charge in [0.25, 0.3) is 0 Å². The van der Waals surface area contributed by atoms with E-state index in [0.717, 1.165) is 15.6 Å². The molecule has 2 rings (SSSR count). The van der Waals surface area contributed by atoms with E-state index in [9.17, 15) is 18.0 Å². The van der Waals surface area contributed by atoms with Gasteiger partial charge in [-0.05, 0) is 58.2 Å². The predicted octanol–water partition coefficient (Wildman–Crippen LogP) is 4.96. The Morgan fingerprint density at radius 3 is 2.43 bits per heavy atom. The quantitative estimate of drug-likeness (QED) is 0.613. The van der Waals surface area contributed by atoms with Crippen molar-refractivity contribution in [1.29, 1.82) is 0 Å². The number of hydrogen-bond acceptors (Lipinski definition) is 3. The fourth-order valence-corrected chi connectivity index (χ4v) is 2.89. The zero-order chi connectivity index (χ0) is 20.7. The molecule has 9 heteroatoms. The molecule has 0 fully saturated rings. The van der Waals surface area contributed by atoms with E-state index in [1.165, 1.54) is 12.1 Å². The van der Waals surface area contributed by atoms with Gasteiger partial charge in [0.1, 0.15) is 11.5 Å². The first-order valence-corrected chi connectivity index (χ1v) is 9.13. The molecule has 28 heavy (non-hydrogen) atoms. The summed E-state index contributed by atoms with van der Waals surface area (Å²) in [7, 11) is 1.57. The van der Waals surface area contributed by atoms with Crippen LogP contribution in [0.25, 0.3) is 0 Å². The third-order valence-electron chi connectivity index (χ3n) is 3.80. The molecule has 0 radical (unpaired) electrons. The van der Waals surface area contributed by atoms with Crippen molar-refractivity contribution >= 4 is 22.0 Å². The number of amides is 2. The molecule has 1 unspecified atom stereocenters. The Morgan fingerprint density at radius 2 is 1.86 bits per heavy atom. The van der Waals surface area contributed by atoms with Crippen molar-refractivity contribution in [1.82, 2.24) is 10.6 Å². The number of carbonyl (C=O) groups excluding carboxylic acids is 1. The van der Waals surface area contributed by atoms with E-state index in [4.69, 9.17) is 4.74 Å². The van der Waals surface area contributed by atoms with Crippen molar-refractivity contribution in [2.45, 2.75) is 25.7 Å². The minimum Gasteiger partial charge on any atom is -0.496 e. The van der Waals surface area contributed by atoms with Crippen molar-refractivity contribution in [3.63, 3.8) is 0 Å². The molecule has 0 saturated carbocycles. The second-order valence-electron chi connectivity index (χ2n) is 5.99. The number of ether oxygens (including phenoxy) is 2. The van der Waals surface area contributed by atoms with Gasteiger partial charge in [0.15, 0.2) is 6.61 Å². The van der Waals surface area contributed by atoms with E-state index in [0.29, 0.717) is 5.75 Å². The Bertz CT molecular complexity index is 798. The topological polar surface area (TPSA) is 59.6 Å². The lowest BCUT2D eigenvalue weighted by molar-refractivity contribution is -0.153. The monoisotopic (exact) mass is 460 g/mol. The first-order valence-electron chi connectivity index (χ1n) is 8.34. The summed E-state index contributed by atoms with van der Waals surface area (Å²) in [6.45, 7) is 0.734. The summed E-state index contributed by atoms with van der Waals surface area (Å²) < 4.78 is 47.0. The SMILES string of the molecule is COc1ccc(C(C)NC(=O)NCc2ccc(OCC(F)(F)F)cc2)cc1Br. The molecule has 0 aliphatic rings. The number of hydrogen-bond donors (Lipinski definition) is 2. The van der Waals surface area contributed by atoms with Crippen molar-refractivity contribution < 1.29 is 27.4 Å². The zero-order valence-corrected chi connectivity index (χ0v) is 16.9. The summed E-state index contributed by atoms with van der Waals surface area (Å²) >= 11 is 3.40. The number of urea groups is 1. The third-order valence-corrected chi connectivity index (χ3v) is 4.42. The smallest absolute Gasteiger partial charge is 0.422 e. The molecule has 2 amide bonds. The van der Waals surface area contributed by atoms with Crippen molar-refractivity contribution in [2.75, 3.05) is 13.7 Å². The Morgan fingerprint density at radius 1 is 1.18 bits per heavy atom. The Kier molecular flexibility index (Phi) is 7.56. The standard InChI is InChI=1S/C19H20BrF3N2O3/c1-12(14-5-8-17(27-2)16(20)9-14)25-18(26)24-10-13-3-6-15(7-4-13)28-11-19(21,22)23/h3-9,12H,10-11H2,1-2H3,(H2,24,25,26). The second kappa shape index (κ2) is 9.68. The summed E-state index contributed by atoms with van der Waals surface area (Å²) in [5, 5.41) is 5.52. The largest absolute Gasteiger partial charge is 0.496 e. The third kappa shape index (κ3) is 6.95. The highest BCUT2D eigenvalue weighted by Gasteiger charge is 2.28. The Hall–Kier alpha value is -2.42. The number of carbonyl (C=O) groups is 1. The van der Waals surface area contributed by atoms with Gasteiger partial charge in [0.05, 0.1) is 17.6 Å². The molecule has 0 aromatic heterocycles. The molecule has 0 bridgehead atoms. The Balaban J connectivity index is 1.82. The lowest BCUT2D eigenvalue weighted by atomic mass is 10.1. The van der Waals surface area contributed by atoms with Crippen molar-refractivity contribution in [3.05, 3.63) is 58.1 Å². The minimum absolute atomic E-state index is 0.115. The van der Waals surface area contributed by atoms with Gasteiger partial charge < -0.3 is 20.1 Å². The maximum atomic E-state index is 12.1. The second-order valence-corrected chi connectivity index (χ2v) is 6.84. The molecule has 0 heterocycles. The van der Waals surface area contributed by atoms with Crippen LogP contribution < -0.4 is 20.1 Å². The van der Waals surface area contributed by atoms with Gasteiger partial charge >= 0.3 is 12.2 Å². The molecular formula is C19H20BrF3N2O3. The summed E-state index contributed by atoms with van der Waals surface area (Å²) in [6, 6.07) is 11.0. The zero-order valence-electron chi connectivity index (χ0n) is 15.3. The maximum absolute atomic E-state index is 12.1. The van der Waals surface area contributed by atoms with Crippen LogP contribution in [0.5, 0.6) is 11.5 Å². The number of nitrogens with one attached hydrogen (secondary N) is 2. The van der Waals surface area contributed by atoms with Crippen molar-refractivity contribution in [2.24, 2.45) is 0 Å². The van der Waals surface area contributed by atoms with E-state index in [1.54, 1.807) is 25.3 Å². The molecule has 2 aromatic carbocycles. The van der Waals surface area contributed by atoms with Crippen LogP contribution >= 0.6 is 15.9 Å². The molecule has 0 aliphatic carbocycles. The number of methoxy groups -OCH3 is 1. The van der Waals surface area contributed by atoms with E-state index in [-0.39, 0.29) is 24.4 Å². The first kappa shape index (κ1) is 21.9. The van der Waals surface area contributed by atoms with Crippen molar-refractivity contribution in [3.8, 4) is 11.5 Å². The normalized spacial score (nSPS) is 12.2. The lowest BCUT2D eigenvalue weighted by Gasteiger charge is -2.16. The summed E-state index contributed by atoms with van der Waals surface area (Å²) in [4.78, 5) is 12.1. The molecule has 2 aromatic rings. The van der Waals surface area contributed by atoms with Gasteiger partial charge in [0, 0.05) is 6.54 Å². The number of halogens is 4. The first-order chi connectivity index (χ1) is 13.2. The van der Waals surface area contributed by atoms with Gasteiger partial charge in [-0.3, -0.25) is 0 Å². The van der Waals surface area contributed by atoms with Gasteiger partial charge in [-0.1, -0.05) is 18.2 Å². The number of rotatable bonds is 7. The highest BCUT2D eigenvalue weighted by molar-refractivity contribution is 9.10. The summed E-state index contributed by atoms with van der Waals surface area (Å²) in [6.07, 6.45) is -4.38. The molecule has 0 aliphatic heterocycles. The summed E-state index contributed by atoms with van der Waals surface area (Å²) in [5.41, 5.74) is 1.63. The average Bonchev–Trinajstić information content (AvgIpc) is 2.64. The van der Waals surface area contributed by atoms with E-state index in [2.05, 4.69) is 31.3 Å². The van der Waals surface area contributed by atoms with Gasteiger partial charge in [0.2, 0.25) is 0 Å². The van der Waals surface area contributed by atoms with Gasteiger partial charge in [-0.15, -0.1) is 0 Å². The minimum atomic E-state index is -4.38. The highest BCUT2D eigenvalue weighted by atomic mass is 79.9. The molecular weight excluding hydrogens is 441 g/mol. The average molecular weight is 461 g/mol. The predicted molar refractivity (Wildman–Crippen MR) is 102 cm³/mol. The van der Waals surface area contributed by atoms with Crippen LogP contribution in [-0.2, 0) is 6.54 Å². The highest BCUT2D eigenvalue weighted by Crippen LogP contribution is 2.28. The number of alkyl halides is 3. The molecule has 5 nitrogen and oxygen atoms in total. The number of benzene rings is 2. The van der Waals surface area contributed by atoms with E-state index < -0.39 is 12.8 Å². The van der Waals surface area contributed by atoms with Gasteiger partial charge in [-0.25, -0.2) is 4.79 Å². The molecule has 0 saturated heterocycles. The fraction of sp³-hybridized carbons (Fsp3) is 0.316. The maximum Gasteiger partial charge on any atom is 0.422 e. The lowest BCUT2D eigenvalue weighted by Crippen LogP contribution is -2.36. The van der Waals surface area contributed by atoms with Crippen LogP contribution in [-0.4, -0.2) is 25.9 Å². The van der Waals surface area contributed by atoms with Crippen LogP contribution in [0.2, 0.25) is 0 Å². The van der Waals surface area contributed by atoms with Crippen LogP contribution in [0, 0.1) is 0 Å². The van der Waals surface area contributed by atoms with Gasteiger partial charge in [-0.2, -0.15) is 13.2 Å². The van der Waals surface area contributed by atoms with Crippen LogP contribution in [0.4, 0.5) is 18.0 Å². The molecule has 2 N–H and O–H groups in total. The summed E-state index contributed by atoms with van der Waals surface area (Å²) in [5.74, 6) is 0.812. The fourth-order valence-electron chi connectivity index (χ4n) is 2.33. The van der Waals surface area contributed by atoms with Crippen LogP contribution in [0.15, 0.2) is 46.9 Å².